The molecule has 18 heavy (non-hydrogen) atoms. The summed E-state index contributed by atoms with van der Waals surface area (Å²) < 4.78 is 0. The quantitative estimate of drug-likeness (QED) is 0.850. The van der Waals surface area contributed by atoms with Crippen LogP contribution in [0, 0.1) is 11.8 Å². The van der Waals surface area contributed by atoms with Crippen LogP contribution in [0.1, 0.15) is 32.1 Å². The minimum absolute atomic E-state index is 0.0178. The number of hydrogen-bond donors (Lipinski definition) is 1. The lowest BCUT2D eigenvalue weighted by Gasteiger charge is -2.41. The third-order valence-corrected chi connectivity index (χ3v) is 4.76. The van der Waals surface area contributed by atoms with Crippen molar-refractivity contribution in [1.29, 1.82) is 0 Å². The Bertz CT molecular complexity index is 408. The normalized spacial score (nSPS) is 27.7. The number of amides is 2. The summed E-state index contributed by atoms with van der Waals surface area (Å²) in [6.07, 6.45) is 6.50. The van der Waals surface area contributed by atoms with Crippen LogP contribution >= 0.6 is 11.3 Å². The average molecular weight is 266 g/mol. The summed E-state index contributed by atoms with van der Waals surface area (Å²) in [6, 6.07) is -0.0178. The van der Waals surface area contributed by atoms with Gasteiger partial charge in [0.2, 0.25) is 5.13 Å². The highest BCUT2D eigenvalue weighted by Crippen LogP contribution is 2.36. The van der Waals surface area contributed by atoms with Crippen molar-refractivity contribution in [2.24, 2.45) is 11.8 Å². The highest BCUT2D eigenvalue weighted by atomic mass is 32.1. The summed E-state index contributed by atoms with van der Waals surface area (Å²) in [5.41, 5.74) is 1.63. The van der Waals surface area contributed by atoms with Gasteiger partial charge in [-0.3, -0.25) is 5.32 Å². The highest BCUT2D eigenvalue weighted by Gasteiger charge is 2.33. The number of nitrogens with one attached hydrogen (secondary N) is 1. The zero-order valence-corrected chi connectivity index (χ0v) is 11.2. The van der Waals surface area contributed by atoms with Crippen LogP contribution in [0.2, 0.25) is 0 Å². The predicted octanol–water partition coefficient (Wildman–Crippen LogP) is 2.58. The van der Waals surface area contributed by atoms with Crippen molar-refractivity contribution in [3.8, 4) is 0 Å². The third-order valence-electron chi connectivity index (χ3n) is 4.15. The van der Waals surface area contributed by atoms with Crippen molar-refractivity contribution < 1.29 is 4.79 Å². The number of aromatic nitrogens is 2. The number of anilines is 1. The molecule has 0 spiro atoms. The van der Waals surface area contributed by atoms with E-state index >= 15 is 0 Å². The number of hydrogen-bond acceptors (Lipinski definition) is 4. The van der Waals surface area contributed by atoms with Gasteiger partial charge in [0.1, 0.15) is 5.51 Å². The van der Waals surface area contributed by atoms with Gasteiger partial charge in [0, 0.05) is 13.1 Å². The number of rotatable bonds is 1. The van der Waals surface area contributed by atoms with Crippen LogP contribution in [0.4, 0.5) is 9.93 Å². The second kappa shape index (κ2) is 5.22. The van der Waals surface area contributed by atoms with Gasteiger partial charge in [-0.15, -0.1) is 10.2 Å². The molecule has 2 amide bonds. The SMILES string of the molecule is O=C(Nc1nncs1)N1CC[C@H]2CCCC[C@@H]2C1. The molecule has 2 heterocycles. The number of carbonyl (C=O) groups is 1. The lowest BCUT2D eigenvalue weighted by atomic mass is 9.75. The van der Waals surface area contributed by atoms with Crippen molar-refractivity contribution in [2.45, 2.75) is 32.1 Å². The summed E-state index contributed by atoms with van der Waals surface area (Å²) in [7, 11) is 0. The number of urea groups is 1. The molecule has 2 aliphatic rings. The fourth-order valence-corrected chi connectivity index (χ4v) is 3.62. The Balaban J connectivity index is 1.58. The van der Waals surface area contributed by atoms with Gasteiger partial charge in [0.15, 0.2) is 0 Å². The Morgan fingerprint density at radius 2 is 2.17 bits per heavy atom. The smallest absolute Gasteiger partial charge is 0.323 e. The van der Waals surface area contributed by atoms with E-state index in [1.54, 1.807) is 5.51 Å². The maximum Gasteiger partial charge on any atom is 0.323 e. The molecule has 2 atom stereocenters. The van der Waals surface area contributed by atoms with E-state index in [1.165, 1.54) is 37.0 Å². The second-order valence-electron chi connectivity index (χ2n) is 5.21. The molecule has 5 nitrogen and oxygen atoms in total. The fraction of sp³-hybridized carbons (Fsp3) is 0.750. The van der Waals surface area contributed by atoms with E-state index in [2.05, 4.69) is 15.5 Å². The summed E-state index contributed by atoms with van der Waals surface area (Å²) >= 11 is 1.36. The number of piperidine rings is 1. The Hall–Kier alpha value is -1.17. The molecule has 0 radical (unpaired) electrons. The van der Waals surface area contributed by atoms with E-state index in [1.807, 2.05) is 4.90 Å². The van der Waals surface area contributed by atoms with Gasteiger partial charge in [-0.1, -0.05) is 30.6 Å². The van der Waals surface area contributed by atoms with Gasteiger partial charge in [0.05, 0.1) is 0 Å². The Labute approximate surface area is 111 Å². The number of carbonyl (C=O) groups excluding carboxylic acids is 1. The minimum Gasteiger partial charge on any atom is -0.324 e. The van der Waals surface area contributed by atoms with Crippen LogP contribution in [-0.2, 0) is 0 Å². The molecule has 3 rings (SSSR count). The zero-order valence-electron chi connectivity index (χ0n) is 10.3. The van der Waals surface area contributed by atoms with E-state index < -0.39 is 0 Å². The van der Waals surface area contributed by atoms with Gasteiger partial charge < -0.3 is 4.90 Å². The van der Waals surface area contributed by atoms with Gasteiger partial charge in [-0.25, -0.2) is 4.79 Å². The van der Waals surface area contributed by atoms with Crippen molar-refractivity contribution in [2.75, 3.05) is 18.4 Å². The molecule has 1 aromatic rings. The number of nitrogens with zero attached hydrogens (tertiary/aromatic N) is 3. The van der Waals surface area contributed by atoms with Crippen LogP contribution in [0.15, 0.2) is 5.51 Å². The first-order valence-corrected chi connectivity index (χ1v) is 7.53. The molecule has 1 saturated carbocycles. The van der Waals surface area contributed by atoms with Crippen LogP contribution in [0.5, 0.6) is 0 Å². The first-order valence-electron chi connectivity index (χ1n) is 6.65. The fourth-order valence-electron chi connectivity index (χ4n) is 3.18. The molecule has 1 aromatic heterocycles. The summed E-state index contributed by atoms with van der Waals surface area (Å²) in [5, 5.41) is 11.0. The van der Waals surface area contributed by atoms with Crippen molar-refractivity contribution >= 4 is 22.5 Å². The molecule has 1 saturated heterocycles. The lowest BCUT2D eigenvalue weighted by molar-refractivity contribution is 0.108. The Kier molecular flexibility index (Phi) is 3.45. The van der Waals surface area contributed by atoms with E-state index in [0.717, 1.165) is 25.4 Å². The molecule has 0 bridgehead atoms. The molecule has 1 aliphatic heterocycles. The number of likely N-dealkylation sites (tertiary alicyclic amines) is 1. The van der Waals surface area contributed by atoms with Crippen molar-refractivity contribution in [1.82, 2.24) is 15.1 Å². The van der Waals surface area contributed by atoms with Gasteiger partial charge in [-0.05, 0) is 24.7 Å². The van der Waals surface area contributed by atoms with Crippen LogP contribution < -0.4 is 5.32 Å². The minimum atomic E-state index is -0.0178. The largest absolute Gasteiger partial charge is 0.324 e. The topological polar surface area (TPSA) is 58.1 Å². The molecule has 2 fully saturated rings. The lowest BCUT2D eigenvalue weighted by Crippen LogP contribution is -2.46. The highest BCUT2D eigenvalue weighted by molar-refractivity contribution is 7.13. The molecule has 0 aromatic carbocycles. The molecular formula is C12H18N4OS. The standard InChI is InChI=1S/C12H18N4OS/c17-12(14-11-15-13-8-18-11)16-6-5-9-3-1-2-4-10(9)7-16/h8-10H,1-7H2,(H,14,15,17)/t9-,10-/m1/s1. The summed E-state index contributed by atoms with van der Waals surface area (Å²) in [4.78, 5) is 14.0. The van der Waals surface area contributed by atoms with E-state index in [4.69, 9.17) is 0 Å². The molecule has 98 valence electrons. The van der Waals surface area contributed by atoms with Crippen molar-refractivity contribution in [3.05, 3.63) is 5.51 Å². The Morgan fingerprint density at radius 3 is 2.94 bits per heavy atom. The molecular weight excluding hydrogens is 248 g/mol. The van der Waals surface area contributed by atoms with Gasteiger partial charge in [-0.2, -0.15) is 0 Å². The third kappa shape index (κ3) is 2.48. The van der Waals surface area contributed by atoms with Crippen LogP contribution in [0.25, 0.3) is 0 Å². The number of fused-ring (bicyclic) bond motifs is 1. The van der Waals surface area contributed by atoms with Crippen LogP contribution in [0.3, 0.4) is 0 Å². The first kappa shape index (κ1) is 11.9. The second-order valence-corrected chi connectivity index (χ2v) is 6.05. The summed E-state index contributed by atoms with van der Waals surface area (Å²) in [6.45, 7) is 1.79. The van der Waals surface area contributed by atoms with E-state index in [-0.39, 0.29) is 6.03 Å². The summed E-state index contributed by atoms with van der Waals surface area (Å²) in [5.74, 6) is 1.57. The molecule has 1 aliphatic carbocycles. The zero-order chi connectivity index (χ0) is 12.4. The molecule has 6 heteroatoms. The van der Waals surface area contributed by atoms with E-state index in [9.17, 15) is 4.79 Å². The van der Waals surface area contributed by atoms with Crippen LogP contribution in [-0.4, -0.2) is 34.2 Å². The molecule has 0 unspecified atom stereocenters. The van der Waals surface area contributed by atoms with Gasteiger partial charge >= 0.3 is 6.03 Å². The monoisotopic (exact) mass is 266 g/mol. The first-order chi connectivity index (χ1) is 8.83. The van der Waals surface area contributed by atoms with Gasteiger partial charge in [0.25, 0.3) is 0 Å². The van der Waals surface area contributed by atoms with Crippen molar-refractivity contribution in [3.63, 3.8) is 0 Å². The molecule has 1 N–H and O–H groups in total. The van der Waals surface area contributed by atoms with E-state index in [0.29, 0.717) is 11.0 Å². The Morgan fingerprint density at radius 1 is 1.33 bits per heavy atom. The maximum atomic E-state index is 12.1. The maximum absolute atomic E-state index is 12.1. The predicted molar refractivity (Wildman–Crippen MR) is 70.6 cm³/mol. The average Bonchev–Trinajstić information content (AvgIpc) is 2.91.